The average molecular weight is 365 g/mol. The van der Waals surface area contributed by atoms with Gasteiger partial charge in [0.25, 0.3) is 5.91 Å². The molecule has 3 nitrogen and oxygen atoms in total. The highest BCUT2D eigenvalue weighted by Gasteiger charge is 2.27. The first-order valence-electron chi connectivity index (χ1n) is 5.88. The van der Waals surface area contributed by atoms with E-state index in [2.05, 4.69) is 22.6 Å². The second-order valence-corrected chi connectivity index (χ2v) is 7.11. The summed E-state index contributed by atoms with van der Waals surface area (Å²) in [5.74, 6) is 0.127. The lowest BCUT2D eigenvalue weighted by molar-refractivity contribution is 0.0575. The lowest BCUT2D eigenvalue weighted by Crippen LogP contribution is -2.44. The third-order valence-corrected chi connectivity index (χ3v) is 4.95. The van der Waals surface area contributed by atoms with Gasteiger partial charge in [0.15, 0.2) is 0 Å². The van der Waals surface area contributed by atoms with Gasteiger partial charge in [-0.2, -0.15) is 0 Å². The van der Waals surface area contributed by atoms with Crippen molar-refractivity contribution in [3.8, 4) is 0 Å². The second-order valence-electron chi connectivity index (χ2n) is 4.30. The van der Waals surface area contributed by atoms with E-state index in [0.717, 1.165) is 34.3 Å². The lowest BCUT2D eigenvalue weighted by Gasteiger charge is -2.35. The molecule has 1 amide bonds. The van der Waals surface area contributed by atoms with E-state index in [0.29, 0.717) is 6.42 Å². The first-order valence-corrected chi connectivity index (χ1v) is 7.84. The van der Waals surface area contributed by atoms with Crippen LogP contribution in [0.3, 0.4) is 0 Å². The summed E-state index contributed by atoms with van der Waals surface area (Å²) < 4.78 is 1.14. The molecular formula is C12H16INO2S. The second kappa shape index (κ2) is 6.15. The number of piperidine rings is 1. The number of carbonyl (C=O) groups excluding carboxylic acids is 1. The fourth-order valence-electron chi connectivity index (χ4n) is 2.31. The van der Waals surface area contributed by atoms with Crippen LogP contribution < -0.4 is 0 Å². The van der Waals surface area contributed by atoms with E-state index in [1.54, 1.807) is 11.3 Å². The van der Waals surface area contributed by atoms with E-state index in [4.69, 9.17) is 5.11 Å². The number of aliphatic hydroxyl groups excluding tert-OH is 1. The number of halogens is 1. The summed E-state index contributed by atoms with van der Waals surface area (Å²) >= 11 is 3.84. The molecule has 17 heavy (non-hydrogen) atoms. The molecule has 0 radical (unpaired) electrons. The normalized spacial score (nSPS) is 20.6. The Bertz CT molecular complexity index is 392. The maximum atomic E-state index is 12.3. The number of hydrogen-bond acceptors (Lipinski definition) is 3. The van der Waals surface area contributed by atoms with Gasteiger partial charge in [0.2, 0.25) is 0 Å². The summed E-state index contributed by atoms with van der Waals surface area (Å²) in [5, 5.41) is 11.0. The molecule has 1 aliphatic rings. The van der Waals surface area contributed by atoms with Crippen LogP contribution in [0.25, 0.3) is 0 Å². The van der Waals surface area contributed by atoms with Crippen molar-refractivity contribution < 1.29 is 9.90 Å². The summed E-state index contributed by atoms with van der Waals surface area (Å²) in [6.07, 6.45) is 3.96. The Balaban J connectivity index is 2.10. The molecule has 5 heteroatoms. The number of rotatable bonds is 3. The van der Waals surface area contributed by atoms with Crippen LogP contribution in [0.2, 0.25) is 0 Å². The Kier molecular flexibility index (Phi) is 4.81. The summed E-state index contributed by atoms with van der Waals surface area (Å²) in [5.41, 5.74) is 0.796. The van der Waals surface area contributed by atoms with E-state index in [-0.39, 0.29) is 18.6 Å². The number of amides is 1. The molecule has 1 aliphatic heterocycles. The van der Waals surface area contributed by atoms with Gasteiger partial charge in [0.1, 0.15) is 0 Å². The van der Waals surface area contributed by atoms with Crippen LogP contribution in [0.15, 0.2) is 11.4 Å². The Morgan fingerprint density at radius 2 is 2.41 bits per heavy atom. The Labute approximate surface area is 119 Å². The molecule has 1 saturated heterocycles. The summed E-state index contributed by atoms with van der Waals surface area (Å²) in [4.78, 5) is 14.3. The number of carbonyl (C=O) groups is 1. The Hall–Kier alpha value is -0.140. The monoisotopic (exact) mass is 365 g/mol. The largest absolute Gasteiger partial charge is 0.396 e. The minimum absolute atomic E-state index is 0.127. The lowest BCUT2D eigenvalue weighted by atomic mass is 9.99. The fraction of sp³-hybridized carbons (Fsp3) is 0.583. The van der Waals surface area contributed by atoms with Crippen molar-refractivity contribution >= 4 is 39.8 Å². The number of nitrogens with zero attached hydrogens (tertiary/aromatic N) is 1. The van der Waals surface area contributed by atoms with E-state index in [1.807, 2.05) is 16.3 Å². The predicted octanol–water partition coefficient (Wildman–Crippen LogP) is 2.73. The molecule has 2 rings (SSSR count). The van der Waals surface area contributed by atoms with Crippen LogP contribution >= 0.6 is 33.9 Å². The van der Waals surface area contributed by atoms with Gasteiger partial charge >= 0.3 is 0 Å². The first kappa shape index (κ1) is 13.3. The molecule has 1 unspecified atom stereocenters. The van der Waals surface area contributed by atoms with Crippen LogP contribution in [0, 0.1) is 2.88 Å². The van der Waals surface area contributed by atoms with Gasteiger partial charge in [-0.05, 0) is 54.3 Å². The van der Waals surface area contributed by atoms with Gasteiger partial charge in [0, 0.05) is 24.6 Å². The van der Waals surface area contributed by atoms with E-state index in [9.17, 15) is 4.79 Å². The van der Waals surface area contributed by atoms with Crippen LogP contribution in [0.5, 0.6) is 0 Å². The quantitative estimate of drug-likeness (QED) is 0.837. The van der Waals surface area contributed by atoms with Crippen molar-refractivity contribution in [3.63, 3.8) is 0 Å². The number of likely N-dealkylation sites (tertiary alicyclic amines) is 1. The number of hydrogen-bond donors (Lipinski definition) is 1. The van der Waals surface area contributed by atoms with Crippen molar-refractivity contribution in [1.82, 2.24) is 4.90 Å². The summed E-state index contributed by atoms with van der Waals surface area (Å²) in [6, 6.07) is 2.16. The van der Waals surface area contributed by atoms with Gasteiger partial charge in [-0.3, -0.25) is 4.79 Å². The Morgan fingerprint density at radius 3 is 3.06 bits per heavy atom. The SMILES string of the molecule is O=C(c1csc(I)c1)N1CCCCC1CCO. The van der Waals surface area contributed by atoms with Crippen molar-refractivity contribution in [1.29, 1.82) is 0 Å². The maximum absolute atomic E-state index is 12.3. The van der Waals surface area contributed by atoms with Crippen molar-refractivity contribution in [2.24, 2.45) is 0 Å². The van der Waals surface area contributed by atoms with Crippen LogP contribution in [0.4, 0.5) is 0 Å². The predicted molar refractivity (Wildman–Crippen MR) is 77.4 cm³/mol. The van der Waals surface area contributed by atoms with Crippen LogP contribution in [0.1, 0.15) is 36.0 Å². The standard InChI is InChI=1S/C12H16INO2S/c13-11-7-9(8-17-11)12(16)14-5-2-1-3-10(14)4-6-15/h7-8,10,15H,1-6H2. The molecule has 0 aromatic carbocycles. The van der Waals surface area contributed by atoms with Crippen molar-refractivity contribution in [2.45, 2.75) is 31.7 Å². The zero-order valence-corrected chi connectivity index (χ0v) is 12.5. The molecule has 0 saturated carbocycles. The zero-order valence-electron chi connectivity index (χ0n) is 9.56. The number of aliphatic hydroxyl groups is 1. The summed E-state index contributed by atoms with van der Waals surface area (Å²) in [7, 11) is 0. The first-order chi connectivity index (χ1) is 8.22. The van der Waals surface area contributed by atoms with Gasteiger partial charge in [-0.25, -0.2) is 0 Å². The minimum atomic E-state index is 0.127. The zero-order chi connectivity index (χ0) is 12.3. The molecule has 1 fully saturated rings. The van der Waals surface area contributed by atoms with E-state index >= 15 is 0 Å². The van der Waals surface area contributed by atoms with Crippen molar-refractivity contribution in [2.75, 3.05) is 13.2 Å². The van der Waals surface area contributed by atoms with Crippen LogP contribution in [-0.2, 0) is 0 Å². The third-order valence-electron chi connectivity index (χ3n) is 3.16. The molecule has 0 bridgehead atoms. The van der Waals surface area contributed by atoms with Crippen LogP contribution in [-0.4, -0.2) is 35.1 Å². The summed E-state index contributed by atoms with van der Waals surface area (Å²) in [6.45, 7) is 0.992. The Morgan fingerprint density at radius 1 is 1.59 bits per heavy atom. The highest BCUT2D eigenvalue weighted by Crippen LogP contribution is 2.24. The molecule has 1 aromatic heterocycles. The fourth-order valence-corrected chi connectivity index (χ4v) is 3.63. The molecular weight excluding hydrogens is 349 g/mol. The molecule has 1 atom stereocenters. The highest BCUT2D eigenvalue weighted by molar-refractivity contribution is 14.1. The topological polar surface area (TPSA) is 40.5 Å². The average Bonchev–Trinajstić information content (AvgIpc) is 2.76. The molecule has 0 aliphatic carbocycles. The third kappa shape index (κ3) is 3.20. The molecule has 1 N–H and O–H groups in total. The van der Waals surface area contributed by atoms with Gasteiger partial charge < -0.3 is 10.0 Å². The maximum Gasteiger partial charge on any atom is 0.254 e. The van der Waals surface area contributed by atoms with Gasteiger partial charge in [-0.1, -0.05) is 0 Å². The van der Waals surface area contributed by atoms with Gasteiger partial charge in [-0.15, -0.1) is 11.3 Å². The van der Waals surface area contributed by atoms with E-state index < -0.39 is 0 Å². The van der Waals surface area contributed by atoms with Gasteiger partial charge in [0.05, 0.1) is 8.45 Å². The molecule has 1 aromatic rings. The minimum Gasteiger partial charge on any atom is -0.396 e. The highest BCUT2D eigenvalue weighted by atomic mass is 127. The van der Waals surface area contributed by atoms with Crippen molar-refractivity contribution in [3.05, 3.63) is 19.9 Å². The molecule has 0 spiro atoms. The molecule has 94 valence electrons. The van der Waals surface area contributed by atoms with E-state index in [1.165, 1.54) is 0 Å². The number of thiophene rings is 1. The smallest absolute Gasteiger partial charge is 0.254 e. The molecule has 2 heterocycles.